The van der Waals surface area contributed by atoms with Crippen molar-refractivity contribution in [1.29, 1.82) is 0 Å². The number of anilines is 1. The zero-order valence-electron chi connectivity index (χ0n) is 23.1. The molecule has 3 aromatic heterocycles. The molecule has 0 bridgehead atoms. The van der Waals surface area contributed by atoms with Gasteiger partial charge < -0.3 is 29.4 Å². The molecule has 0 radical (unpaired) electrons. The van der Waals surface area contributed by atoms with Gasteiger partial charge in [-0.25, -0.2) is 0 Å². The van der Waals surface area contributed by atoms with Crippen molar-refractivity contribution in [2.24, 2.45) is 7.05 Å². The normalized spacial score (nSPS) is 10.8. The lowest BCUT2D eigenvalue weighted by Crippen LogP contribution is -1.94. The van der Waals surface area contributed by atoms with E-state index in [0.717, 1.165) is 32.7 Å². The maximum absolute atomic E-state index is 6.12. The number of methoxy groups -OCH3 is 4. The minimum Gasteiger partial charge on any atom is -0.493 e. The van der Waals surface area contributed by atoms with Crippen molar-refractivity contribution in [3.63, 3.8) is 0 Å². The van der Waals surface area contributed by atoms with E-state index >= 15 is 0 Å². The molecule has 0 aliphatic carbocycles. The standard InChI is InChI=1S/C19H18N4O3.C11H10ClNO2/c1-23-15-8-11(4-5-12(15)19(20)22-23)26-16-6-7-21-14-10-18(25-3)17(24-2)9-13(14)16;1-14-10-5-7-8(12)3-4-13-9(7)6-11(10)15-2/h4-10H,1-3H3,(H2,20,22);3-6H,1-2H3. The highest BCUT2D eigenvalue weighted by Crippen LogP contribution is 2.38. The van der Waals surface area contributed by atoms with E-state index < -0.39 is 0 Å². The first-order valence-corrected chi connectivity index (χ1v) is 12.8. The molecule has 11 heteroatoms. The summed E-state index contributed by atoms with van der Waals surface area (Å²) >= 11 is 6.05. The quantitative estimate of drug-likeness (QED) is 0.241. The number of benzene rings is 3. The lowest BCUT2D eigenvalue weighted by molar-refractivity contribution is 0.355. The Bertz CT molecular complexity index is 1870. The molecule has 2 N–H and O–H groups in total. The predicted molar refractivity (Wildman–Crippen MR) is 160 cm³/mol. The van der Waals surface area contributed by atoms with E-state index in [2.05, 4.69) is 15.1 Å². The number of hydrogen-bond acceptors (Lipinski definition) is 9. The van der Waals surface area contributed by atoms with Crippen LogP contribution in [0.2, 0.25) is 5.02 Å². The molecule has 0 saturated heterocycles. The van der Waals surface area contributed by atoms with Crippen LogP contribution in [0.1, 0.15) is 0 Å². The number of pyridine rings is 2. The topological polar surface area (TPSA) is 116 Å². The number of nitrogen functional groups attached to an aromatic ring is 1. The molecule has 0 saturated carbocycles. The highest BCUT2D eigenvalue weighted by Gasteiger charge is 2.13. The number of hydrogen-bond donors (Lipinski definition) is 1. The molecule has 41 heavy (non-hydrogen) atoms. The number of halogens is 1. The van der Waals surface area contributed by atoms with Crippen LogP contribution in [0.3, 0.4) is 0 Å². The van der Waals surface area contributed by atoms with Gasteiger partial charge in [0.2, 0.25) is 0 Å². The van der Waals surface area contributed by atoms with Gasteiger partial charge in [0, 0.05) is 53.8 Å². The molecule has 10 nitrogen and oxygen atoms in total. The number of ether oxygens (including phenoxy) is 5. The number of rotatable bonds is 6. The molecule has 0 aliphatic heterocycles. The summed E-state index contributed by atoms with van der Waals surface area (Å²) in [6.07, 6.45) is 3.36. The van der Waals surface area contributed by atoms with E-state index in [1.54, 1.807) is 57.6 Å². The molecule has 0 fully saturated rings. The summed E-state index contributed by atoms with van der Waals surface area (Å²) < 4.78 is 28.9. The summed E-state index contributed by atoms with van der Waals surface area (Å²) in [6.45, 7) is 0. The van der Waals surface area contributed by atoms with E-state index in [-0.39, 0.29) is 0 Å². The maximum atomic E-state index is 6.12. The largest absolute Gasteiger partial charge is 0.493 e. The van der Waals surface area contributed by atoms with Gasteiger partial charge in [-0.1, -0.05) is 11.6 Å². The van der Waals surface area contributed by atoms with E-state index in [1.165, 1.54) is 0 Å². The van der Waals surface area contributed by atoms with Gasteiger partial charge in [0.1, 0.15) is 11.5 Å². The lowest BCUT2D eigenvalue weighted by atomic mass is 10.1. The Balaban J connectivity index is 0.000000191. The van der Waals surface area contributed by atoms with Crippen molar-refractivity contribution in [1.82, 2.24) is 19.7 Å². The minimum atomic E-state index is 0.500. The van der Waals surface area contributed by atoms with Gasteiger partial charge in [-0.05, 0) is 36.4 Å². The highest BCUT2D eigenvalue weighted by atomic mass is 35.5. The molecule has 3 heterocycles. The van der Waals surface area contributed by atoms with Gasteiger partial charge in [-0.15, -0.1) is 0 Å². The monoisotopic (exact) mass is 573 g/mol. The van der Waals surface area contributed by atoms with Crippen molar-refractivity contribution in [3.05, 3.63) is 72.0 Å². The molecular weight excluding hydrogens is 546 g/mol. The van der Waals surface area contributed by atoms with Crippen LogP contribution >= 0.6 is 11.6 Å². The lowest BCUT2D eigenvalue weighted by Gasteiger charge is -2.12. The maximum Gasteiger partial charge on any atom is 0.162 e. The number of fused-ring (bicyclic) bond motifs is 3. The Hall–Kier alpha value is -4.96. The van der Waals surface area contributed by atoms with Gasteiger partial charge in [0.15, 0.2) is 28.8 Å². The molecule has 0 aliphatic rings. The molecule has 0 atom stereocenters. The third-order valence-electron chi connectivity index (χ3n) is 6.48. The third kappa shape index (κ3) is 5.42. The van der Waals surface area contributed by atoms with Crippen LogP contribution in [0.25, 0.3) is 32.7 Å². The predicted octanol–water partition coefficient (Wildman–Crippen LogP) is 6.42. The molecular formula is C30H28ClN5O5. The van der Waals surface area contributed by atoms with Crippen molar-refractivity contribution in [2.45, 2.75) is 0 Å². The molecule has 0 amide bonds. The number of nitrogens with zero attached hydrogens (tertiary/aromatic N) is 4. The molecule has 6 aromatic rings. The van der Waals surface area contributed by atoms with Crippen LogP contribution in [-0.2, 0) is 7.05 Å². The molecule has 3 aromatic carbocycles. The highest BCUT2D eigenvalue weighted by molar-refractivity contribution is 6.35. The van der Waals surface area contributed by atoms with Gasteiger partial charge in [0.25, 0.3) is 0 Å². The average Bonchev–Trinajstić information content (AvgIpc) is 3.28. The van der Waals surface area contributed by atoms with E-state index in [0.29, 0.717) is 45.3 Å². The second kappa shape index (κ2) is 11.6. The number of aromatic nitrogens is 4. The van der Waals surface area contributed by atoms with Crippen LogP contribution in [0.5, 0.6) is 34.5 Å². The fraction of sp³-hybridized carbons (Fsp3) is 0.167. The van der Waals surface area contributed by atoms with Crippen LogP contribution in [0.15, 0.2) is 67.0 Å². The minimum absolute atomic E-state index is 0.500. The van der Waals surface area contributed by atoms with Crippen LogP contribution in [0, 0.1) is 0 Å². The average molecular weight is 574 g/mol. The zero-order valence-corrected chi connectivity index (χ0v) is 23.9. The van der Waals surface area contributed by atoms with Gasteiger partial charge in [-0.3, -0.25) is 14.6 Å². The van der Waals surface area contributed by atoms with E-state index in [1.807, 2.05) is 49.5 Å². The summed E-state index contributed by atoms with van der Waals surface area (Å²) in [5, 5.41) is 7.46. The van der Waals surface area contributed by atoms with Crippen molar-refractivity contribution >= 4 is 50.1 Å². The Morgan fingerprint density at radius 2 is 1.22 bits per heavy atom. The number of nitrogens with two attached hydrogens (primary N) is 1. The first-order chi connectivity index (χ1) is 19.9. The summed E-state index contributed by atoms with van der Waals surface area (Å²) in [5.74, 6) is 4.40. The van der Waals surface area contributed by atoms with Crippen molar-refractivity contribution in [2.75, 3.05) is 34.2 Å². The second-order valence-corrected chi connectivity index (χ2v) is 9.25. The Kier molecular flexibility index (Phi) is 7.84. The van der Waals surface area contributed by atoms with Crippen molar-refractivity contribution in [3.8, 4) is 34.5 Å². The molecule has 210 valence electrons. The smallest absolute Gasteiger partial charge is 0.162 e. The summed E-state index contributed by atoms with van der Waals surface area (Å²) in [7, 11) is 8.23. The molecule has 0 spiro atoms. The third-order valence-corrected chi connectivity index (χ3v) is 6.81. The SMILES string of the molecule is COc1cc2nccc(Cl)c2cc1OC.COc1cc2nccc(Oc3ccc4c(N)nn(C)c4c3)c2cc1OC. The first-order valence-electron chi connectivity index (χ1n) is 12.4. The van der Waals surface area contributed by atoms with E-state index in [9.17, 15) is 0 Å². The van der Waals surface area contributed by atoms with Gasteiger partial charge >= 0.3 is 0 Å². The Morgan fingerprint density at radius 1 is 0.659 bits per heavy atom. The number of aryl methyl sites for hydroxylation is 1. The van der Waals surface area contributed by atoms with Crippen LogP contribution in [-0.4, -0.2) is 48.2 Å². The zero-order chi connectivity index (χ0) is 29.1. The Morgan fingerprint density at radius 3 is 1.85 bits per heavy atom. The summed E-state index contributed by atoms with van der Waals surface area (Å²) in [5.41, 5.74) is 8.35. The molecule has 6 rings (SSSR count). The molecule has 0 unspecified atom stereocenters. The summed E-state index contributed by atoms with van der Waals surface area (Å²) in [6, 6.07) is 16.6. The Labute approximate surface area is 241 Å². The van der Waals surface area contributed by atoms with Gasteiger partial charge in [0.05, 0.1) is 50.0 Å². The first kappa shape index (κ1) is 27.6. The van der Waals surface area contributed by atoms with Crippen LogP contribution < -0.4 is 29.4 Å². The summed E-state index contributed by atoms with van der Waals surface area (Å²) in [4.78, 5) is 8.59. The second-order valence-electron chi connectivity index (χ2n) is 8.84. The van der Waals surface area contributed by atoms with Crippen molar-refractivity contribution < 1.29 is 23.7 Å². The van der Waals surface area contributed by atoms with Crippen LogP contribution in [0.4, 0.5) is 5.82 Å². The van der Waals surface area contributed by atoms with E-state index in [4.69, 9.17) is 41.0 Å². The fourth-order valence-corrected chi connectivity index (χ4v) is 4.64. The fourth-order valence-electron chi connectivity index (χ4n) is 4.43. The van der Waals surface area contributed by atoms with Gasteiger partial charge in [-0.2, -0.15) is 5.10 Å².